The lowest BCUT2D eigenvalue weighted by atomic mass is 10.0. The number of anilines is 1. The lowest BCUT2D eigenvalue weighted by Crippen LogP contribution is -2.47. The fourth-order valence-corrected chi connectivity index (χ4v) is 2.89. The van der Waals surface area contributed by atoms with Gasteiger partial charge in [0, 0.05) is 11.3 Å². The van der Waals surface area contributed by atoms with Gasteiger partial charge < -0.3 is 10.6 Å². The molecule has 156 valence electrons. The molecule has 0 bridgehead atoms. The van der Waals surface area contributed by atoms with E-state index in [0.717, 1.165) is 5.56 Å². The van der Waals surface area contributed by atoms with Crippen LogP contribution in [-0.2, 0) is 4.79 Å². The molecule has 1 heterocycles. The highest BCUT2D eigenvalue weighted by molar-refractivity contribution is 6.01. The van der Waals surface area contributed by atoms with Crippen molar-refractivity contribution in [3.8, 4) is 5.69 Å². The smallest absolute Gasteiger partial charge is 0.251 e. The van der Waals surface area contributed by atoms with Gasteiger partial charge in [-0.15, -0.1) is 5.10 Å². The SMILES string of the molecule is Cc1ccc(C(=O)NC(C(=O)Nc2ccc(F)c(-n3nnnc3C)c2)C(C)C)cc1. The predicted molar refractivity (Wildman–Crippen MR) is 110 cm³/mol. The third-order valence-electron chi connectivity index (χ3n) is 4.62. The Morgan fingerprint density at radius 3 is 2.37 bits per heavy atom. The molecule has 2 aromatic carbocycles. The molecule has 3 rings (SSSR count). The molecule has 0 aliphatic rings. The third kappa shape index (κ3) is 4.68. The van der Waals surface area contributed by atoms with Crippen molar-refractivity contribution in [2.24, 2.45) is 5.92 Å². The van der Waals surface area contributed by atoms with Crippen LogP contribution in [0.5, 0.6) is 0 Å². The van der Waals surface area contributed by atoms with Gasteiger partial charge in [-0.3, -0.25) is 9.59 Å². The predicted octanol–water partition coefficient (Wildman–Crippen LogP) is 2.81. The third-order valence-corrected chi connectivity index (χ3v) is 4.62. The second-order valence-corrected chi connectivity index (χ2v) is 7.35. The van der Waals surface area contributed by atoms with E-state index in [0.29, 0.717) is 17.1 Å². The van der Waals surface area contributed by atoms with Crippen LogP contribution in [-0.4, -0.2) is 38.1 Å². The highest BCUT2D eigenvalue weighted by Crippen LogP contribution is 2.19. The first kappa shape index (κ1) is 21.1. The molecule has 3 aromatic rings. The van der Waals surface area contributed by atoms with Crippen molar-refractivity contribution in [2.45, 2.75) is 33.7 Å². The molecular weight excluding hydrogens is 387 g/mol. The number of aryl methyl sites for hydroxylation is 2. The van der Waals surface area contributed by atoms with Crippen molar-refractivity contribution in [3.05, 3.63) is 65.2 Å². The molecule has 8 nitrogen and oxygen atoms in total. The Hall–Kier alpha value is -3.62. The number of tetrazole rings is 1. The molecule has 30 heavy (non-hydrogen) atoms. The Morgan fingerprint density at radius 2 is 1.77 bits per heavy atom. The van der Waals surface area contributed by atoms with Gasteiger partial charge in [0.15, 0.2) is 5.82 Å². The molecule has 0 aliphatic heterocycles. The number of aromatic nitrogens is 4. The molecule has 0 saturated heterocycles. The van der Waals surface area contributed by atoms with Crippen LogP contribution in [0.2, 0.25) is 0 Å². The maximum absolute atomic E-state index is 14.2. The number of hydrogen-bond donors (Lipinski definition) is 2. The van der Waals surface area contributed by atoms with Gasteiger partial charge in [0.25, 0.3) is 5.91 Å². The van der Waals surface area contributed by atoms with Crippen molar-refractivity contribution in [1.82, 2.24) is 25.5 Å². The molecule has 0 radical (unpaired) electrons. The summed E-state index contributed by atoms with van der Waals surface area (Å²) in [5.41, 5.74) is 1.98. The van der Waals surface area contributed by atoms with Crippen molar-refractivity contribution in [2.75, 3.05) is 5.32 Å². The van der Waals surface area contributed by atoms with Gasteiger partial charge in [-0.25, -0.2) is 4.39 Å². The number of nitrogens with one attached hydrogen (secondary N) is 2. The van der Waals surface area contributed by atoms with Gasteiger partial charge in [0.05, 0.1) is 0 Å². The normalized spacial score (nSPS) is 11.9. The van der Waals surface area contributed by atoms with Crippen molar-refractivity contribution in [1.29, 1.82) is 0 Å². The van der Waals surface area contributed by atoms with E-state index in [9.17, 15) is 14.0 Å². The standard InChI is InChI=1S/C21H23FN6O2/c1-12(2)19(24-20(29)15-7-5-13(3)6-8-15)21(30)23-16-9-10-17(22)18(11-16)28-14(4)25-26-27-28/h5-12,19H,1-4H3,(H,23,30)(H,24,29). The fourth-order valence-electron chi connectivity index (χ4n) is 2.89. The Balaban J connectivity index is 1.78. The van der Waals surface area contributed by atoms with Gasteiger partial charge in [-0.05, 0) is 60.5 Å². The minimum Gasteiger partial charge on any atom is -0.340 e. The first-order valence-electron chi connectivity index (χ1n) is 9.49. The van der Waals surface area contributed by atoms with E-state index < -0.39 is 17.8 Å². The average molecular weight is 410 g/mol. The highest BCUT2D eigenvalue weighted by Gasteiger charge is 2.25. The second kappa shape index (κ2) is 8.81. The minimum absolute atomic E-state index is 0.111. The fraction of sp³-hybridized carbons (Fsp3) is 0.286. The molecule has 9 heteroatoms. The Morgan fingerprint density at radius 1 is 1.07 bits per heavy atom. The Labute approximate surface area is 173 Å². The lowest BCUT2D eigenvalue weighted by Gasteiger charge is -2.22. The highest BCUT2D eigenvalue weighted by atomic mass is 19.1. The molecule has 0 aliphatic carbocycles. The summed E-state index contributed by atoms with van der Waals surface area (Å²) in [4.78, 5) is 25.4. The second-order valence-electron chi connectivity index (χ2n) is 7.35. The lowest BCUT2D eigenvalue weighted by molar-refractivity contribution is -0.118. The van der Waals surface area contributed by atoms with Gasteiger partial charge in [-0.2, -0.15) is 4.68 Å². The first-order chi connectivity index (χ1) is 14.3. The summed E-state index contributed by atoms with van der Waals surface area (Å²) < 4.78 is 15.5. The molecule has 0 fully saturated rings. The Kier molecular flexibility index (Phi) is 6.20. The summed E-state index contributed by atoms with van der Waals surface area (Å²) >= 11 is 0. The number of carbonyl (C=O) groups excluding carboxylic acids is 2. The number of hydrogen-bond acceptors (Lipinski definition) is 5. The molecule has 1 atom stereocenters. The number of carbonyl (C=O) groups is 2. The van der Waals surface area contributed by atoms with Crippen molar-refractivity contribution in [3.63, 3.8) is 0 Å². The molecule has 0 saturated carbocycles. The van der Waals surface area contributed by atoms with E-state index in [1.165, 1.54) is 22.9 Å². The average Bonchev–Trinajstić information content (AvgIpc) is 3.13. The van der Waals surface area contributed by atoms with Crippen LogP contribution in [0.3, 0.4) is 0 Å². The monoisotopic (exact) mass is 410 g/mol. The van der Waals surface area contributed by atoms with Crippen molar-refractivity contribution < 1.29 is 14.0 Å². The van der Waals surface area contributed by atoms with Gasteiger partial charge >= 0.3 is 0 Å². The number of rotatable bonds is 6. The summed E-state index contributed by atoms with van der Waals surface area (Å²) in [5, 5.41) is 16.5. The van der Waals surface area contributed by atoms with Crippen LogP contribution >= 0.6 is 0 Å². The van der Waals surface area contributed by atoms with Crippen LogP contribution < -0.4 is 10.6 Å². The first-order valence-corrected chi connectivity index (χ1v) is 9.49. The summed E-state index contributed by atoms with van der Waals surface area (Å²) in [6.07, 6.45) is 0. The summed E-state index contributed by atoms with van der Waals surface area (Å²) in [6, 6.07) is 10.4. The molecule has 1 aromatic heterocycles. The van der Waals surface area contributed by atoms with Gasteiger partial charge in [-0.1, -0.05) is 31.5 Å². The van der Waals surface area contributed by atoms with E-state index in [2.05, 4.69) is 26.2 Å². The minimum atomic E-state index is -0.776. The van der Waals surface area contributed by atoms with Crippen LogP contribution in [0.15, 0.2) is 42.5 Å². The zero-order chi connectivity index (χ0) is 21.8. The molecule has 2 N–H and O–H groups in total. The largest absolute Gasteiger partial charge is 0.340 e. The van der Waals surface area contributed by atoms with Crippen LogP contribution in [0, 0.1) is 25.6 Å². The van der Waals surface area contributed by atoms with Gasteiger partial charge in [0.1, 0.15) is 17.5 Å². The van der Waals surface area contributed by atoms with E-state index in [1.807, 2.05) is 32.9 Å². The van der Waals surface area contributed by atoms with E-state index in [1.54, 1.807) is 19.1 Å². The summed E-state index contributed by atoms with van der Waals surface area (Å²) in [5.74, 6) is -1.04. The molecule has 1 unspecified atom stereocenters. The number of amides is 2. The number of nitrogens with zero attached hydrogens (tertiary/aromatic N) is 4. The quantitative estimate of drug-likeness (QED) is 0.651. The van der Waals surface area contributed by atoms with E-state index in [4.69, 9.17) is 0 Å². The zero-order valence-corrected chi connectivity index (χ0v) is 17.2. The molecular formula is C21H23FN6O2. The van der Waals surface area contributed by atoms with Crippen molar-refractivity contribution >= 4 is 17.5 Å². The number of benzene rings is 2. The topological polar surface area (TPSA) is 102 Å². The Bertz CT molecular complexity index is 1060. The van der Waals surface area contributed by atoms with Crippen LogP contribution in [0.25, 0.3) is 5.69 Å². The summed E-state index contributed by atoms with van der Waals surface area (Å²) in [7, 11) is 0. The van der Waals surface area contributed by atoms with E-state index in [-0.39, 0.29) is 17.5 Å². The maximum Gasteiger partial charge on any atom is 0.251 e. The van der Waals surface area contributed by atoms with E-state index >= 15 is 0 Å². The molecule has 2 amide bonds. The maximum atomic E-state index is 14.2. The van der Waals surface area contributed by atoms with Crippen LogP contribution in [0.4, 0.5) is 10.1 Å². The van der Waals surface area contributed by atoms with Gasteiger partial charge in [0.2, 0.25) is 5.91 Å². The zero-order valence-electron chi connectivity index (χ0n) is 17.2. The van der Waals surface area contributed by atoms with Crippen LogP contribution in [0.1, 0.15) is 35.6 Å². The summed E-state index contributed by atoms with van der Waals surface area (Å²) in [6.45, 7) is 7.24. The molecule has 0 spiro atoms. The number of halogens is 1.